The van der Waals surface area contributed by atoms with Crippen LogP contribution in [0.15, 0.2) is 24.3 Å². The SMILES string of the molecule is CCC(C)C(NC(=O)C(CCSC)NC(=O)C(Cc1ccc(O)cc1)NC(=O)C1CCCN1)C(=O)O. The van der Waals surface area contributed by atoms with Gasteiger partial charge in [-0.15, -0.1) is 0 Å². The van der Waals surface area contributed by atoms with E-state index in [1.165, 1.54) is 23.9 Å². The van der Waals surface area contributed by atoms with E-state index >= 15 is 0 Å². The number of rotatable bonds is 14. The predicted molar refractivity (Wildman–Crippen MR) is 139 cm³/mol. The lowest BCUT2D eigenvalue weighted by molar-refractivity contribution is -0.143. The van der Waals surface area contributed by atoms with Gasteiger partial charge in [0.2, 0.25) is 17.7 Å². The highest BCUT2D eigenvalue weighted by molar-refractivity contribution is 7.98. The molecule has 1 aromatic carbocycles. The molecule has 6 N–H and O–H groups in total. The highest BCUT2D eigenvalue weighted by atomic mass is 32.2. The number of thioether (sulfide) groups is 1. The van der Waals surface area contributed by atoms with Crippen molar-refractivity contribution < 1.29 is 29.4 Å². The third-order valence-electron chi connectivity index (χ3n) is 6.41. The molecule has 2 rings (SSSR count). The zero-order chi connectivity index (χ0) is 26.7. The molecule has 1 aromatic rings. The maximum atomic E-state index is 13.4. The van der Waals surface area contributed by atoms with Crippen molar-refractivity contribution in [1.82, 2.24) is 21.3 Å². The van der Waals surface area contributed by atoms with Gasteiger partial charge in [-0.25, -0.2) is 4.79 Å². The zero-order valence-corrected chi connectivity index (χ0v) is 21.9. The summed E-state index contributed by atoms with van der Waals surface area (Å²) in [6.07, 6.45) is 4.43. The summed E-state index contributed by atoms with van der Waals surface area (Å²) >= 11 is 1.50. The lowest BCUT2D eigenvalue weighted by atomic mass is 9.98. The van der Waals surface area contributed by atoms with E-state index in [2.05, 4.69) is 21.3 Å². The standard InChI is InChI=1S/C25H38N4O6S/c1-4-15(2)21(25(34)35)29-23(32)19(11-13-36-3)27-24(33)20(14-16-7-9-17(30)10-8-16)28-22(31)18-6-5-12-26-18/h7-10,15,18-21,26,30H,4-6,11-14H2,1-3H3,(H,27,33)(H,28,31)(H,29,32)(H,34,35). The highest BCUT2D eigenvalue weighted by Gasteiger charge is 2.32. The minimum atomic E-state index is -1.13. The van der Waals surface area contributed by atoms with Crippen LogP contribution in [0.1, 0.15) is 45.1 Å². The summed E-state index contributed by atoms with van der Waals surface area (Å²) in [5.41, 5.74) is 0.723. The number of amides is 3. The molecule has 1 saturated heterocycles. The fourth-order valence-electron chi connectivity index (χ4n) is 3.97. The Kier molecular flexibility index (Phi) is 12.0. The smallest absolute Gasteiger partial charge is 0.326 e. The number of carbonyl (C=O) groups excluding carboxylic acids is 3. The number of benzene rings is 1. The van der Waals surface area contributed by atoms with Gasteiger partial charge in [0.1, 0.15) is 23.9 Å². The lowest BCUT2D eigenvalue weighted by Gasteiger charge is -2.26. The maximum Gasteiger partial charge on any atom is 0.326 e. The molecular formula is C25H38N4O6S. The monoisotopic (exact) mass is 522 g/mol. The van der Waals surface area contributed by atoms with E-state index in [9.17, 15) is 29.4 Å². The minimum absolute atomic E-state index is 0.0852. The average molecular weight is 523 g/mol. The first-order valence-electron chi connectivity index (χ1n) is 12.3. The fourth-order valence-corrected chi connectivity index (χ4v) is 4.44. The topological polar surface area (TPSA) is 157 Å². The summed E-state index contributed by atoms with van der Waals surface area (Å²) in [6, 6.07) is 2.95. The van der Waals surface area contributed by atoms with Gasteiger partial charge in [0.15, 0.2) is 0 Å². The Morgan fingerprint density at radius 3 is 2.31 bits per heavy atom. The van der Waals surface area contributed by atoms with E-state index in [1.807, 2.05) is 13.2 Å². The van der Waals surface area contributed by atoms with Crippen molar-refractivity contribution in [2.45, 2.75) is 70.1 Å². The van der Waals surface area contributed by atoms with Gasteiger partial charge >= 0.3 is 5.97 Å². The van der Waals surface area contributed by atoms with Crippen LogP contribution in [-0.4, -0.2) is 76.6 Å². The Hall–Kier alpha value is -2.79. The normalized spacial score (nSPS) is 18.5. The quantitative estimate of drug-likeness (QED) is 0.211. The summed E-state index contributed by atoms with van der Waals surface area (Å²) in [7, 11) is 0. The average Bonchev–Trinajstić information content (AvgIpc) is 3.40. The molecule has 0 bridgehead atoms. The second-order valence-electron chi connectivity index (χ2n) is 9.13. The van der Waals surface area contributed by atoms with E-state index < -0.39 is 35.9 Å². The maximum absolute atomic E-state index is 13.4. The zero-order valence-electron chi connectivity index (χ0n) is 21.1. The van der Waals surface area contributed by atoms with Crippen molar-refractivity contribution in [3.05, 3.63) is 29.8 Å². The van der Waals surface area contributed by atoms with Crippen molar-refractivity contribution in [3.63, 3.8) is 0 Å². The molecule has 36 heavy (non-hydrogen) atoms. The second kappa shape index (κ2) is 14.7. The van der Waals surface area contributed by atoms with Crippen LogP contribution < -0.4 is 21.3 Å². The van der Waals surface area contributed by atoms with Crippen LogP contribution in [0, 0.1) is 5.92 Å². The number of carboxylic acids is 1. The number of hydrogen-bond donors (Lipinski definition) is 6. The molecule has 5 atom stereocenters. The Labute approximate surface area is 216 Å². The molecule has 1 aliphatic rings. The molecule has 0 saturated carbocycles. The minimum Gasteiger partial charge on any atom is -0.508 e. The molecule has 1 heterocycles. The number of carboxylic acid groups (broad SMARTS) is 1. The van der Waals surface area contributed by atoms with Gasteiger partial charge in [-0.1, -0.05) is 32.4 Å². The van der Waals surface area contributed by atoms with Crippen LogP contribution in [0.4, 0.5) is 0 Å². The number of aliphatic carboxylic acids is 1. The molecule has 0 spiro atoms. The van der Waals surface area contributed by atoms with Gasteiger partial charge in [0.05, 0.1) is 6.04 Å². The van der Waals surface area contributed by atoms with Crippen LogP contribution in [-0.2, 0) is 25.6 Å². The molecule has 1 fully saturated rings. The first kappa shape index (κ1) is 29.4. The van der Waals surface area contributed by atoms with Crippen LogP contribution in [0.5, 0.6) is 5.75 Å². The predicted octanol–water partition coefficient (Wildman–Crippen LogP) is 1.02. The third kappa shape index (κ3) is 9.02. The molecular weight excluding hydrogens is 484 g/mol. The van der Waals surface area contributed by atoms with Crippen molar-refractivity contribution in [2.75, 3.05) is 18.6 Å². The molecule has 10 nitrogen and oxygen atoms in total. The second-order valence-corrected chi connectivity index (χ2v) is 10.1. The van der Waals surface area contributed by atoms with E-state index in [0.717, 1.165) is 18.5 Å². The van der Waals surface area contributed by atoms with Crippen LogP contribution in [0.2, 0.25) is 0 Å². The summed E-state index contributed by atoms with van der Waals surface area (Å²) in [6.45, 7) is 4.31. The number of carbonyl (C=O) groups is 4. The van der Waals surface area contributed by atoms with Crippen molar-refractivity contribution >= 4 is 35.5 Å². The van der Waals surface area contributed by atoms with Gasteiger partial charge in [-0.3, -0.25) is 14.4 Å². The fraction of sp³-hybridized carbons (Fsp3) is 0.600. The van der Waals surface area contributed by atoms with Crippen molar-refractivity contribution in [3.8, 4) is 5.75 Å². The lowest BCUT2D eigenvalue weighted by Crippen LogP contribution is -2.58. The van der Waals surface area contributed by atoms with Gasteiger partial charge in [-0.2, -0.15) is 11.8 Å². The third-order valence-corrected chi connectivity index (χ3v) is 7.05. The molecule has 0 aromatic heterocycles. The number of nitrogens with one attached hydrogen (secondary N) is 4. The van der Waals surface area contributed by atoms with Crippen molar-refractivity contribution in [2.24, 2.45) is 5.92 Å². The van der Waals surface area contributed by atoms with Crippen LogP contribution >= 0.6 is 11.8 Å². The van der Waals surface area contributed by atoms with Gasteiger partial charge in [-0.05, 0) is 61.4 Å². The number of phenols is 1. The molecule has 3 amide bonds. The van der Waals surface area contributed by atoms with Gasteiger partial charge in [0.25, 0.3) is 0 Å². The van der Waals surface area contributed by atoms with Gasteiger partial charge in [0, 0.05) is 6.42 Å². The number of aromatic hydroxyl groups is 1. The Balaban J connectivity index is 2.19. The summed E-state index contributed by atoms with van der Waals surface area (Å²) in [4.78, 5) is 50.9. The molecule has 11 heteroatoms. The first-order valence-corrected chi connectivity index (χ1v) is 13.7. The number of hydrogen-bond acceptors (Lipinski definition) is 7. The largest absolute Gasteiger partial charge is 0.508 e. The summed E-state index contributed by atoms with van der Waals surface area (Å²) in [5.74, 6) is -2.16. The molecule has 0 aliphatic carbocycles. The molecule has 200 valence electrons. The first-order chi connectivity index (χ1) is 17.2. The Morgan fingerprint density at radius 2 is 1.75 bits per heavy atom. The van der Waals surface area contributed by atoms with Crippen molar-refractivity contribution in [1.29, 1.82) is 0 Å². The molecule has 5 unspecified atom stereocenters. The van der Waals surface area contributed by atoms with Crippen LogP contribution in [0.25, 0.3) is 0 Å². The highest BCUT2D eigenvalue weighted by Crippen LogP contribution is 2.14. The summed E-state index contributed by atoms with van der Waals surface area (Å²) in [5, 5.41) is 30.4. The van der Waals surface area contributed by atoms with Gasteiger partial charge < -0.3 is 31.5 Å². The molecule has 0 radical (unpaired) electrons. The van der Waals surface area contributed by atoms with E-state index in [-0.39, 0.29) is 30.0 Å². The Bertz CT molecular complexity index is 891. The summed E-state index contributed by atoms with van der Waals surface area (Å²) < 4.78 is 0. The van der Waals surface area contributed by atoms with Crippen LogP contribution in [0.3, 0.4) is 0 Å². The van der Waals surface area contributed by atoms with E-state index in [4.69, 9.17) is 0 Å². The molecule has 1 aliphatic heterocycles. The number of phenolic OH excluding ortho intramolecular Hbond substituents is 1. The van der Waals surface area contributed by atoms with E-state index in [1.54, 1.807) is 19.1 Å². The van der Waals surface area contributed by atoms with E-state index in [0.29, 0.717) is 25.0 Å². The Morgan fingerprint density at radius 1 is 1.08 bits per heavy atom.